The molecule has 1 aliphatic heterocycles. The molecule has 0 aromatic heterocycles. The summed E-state index contributed by atoms with van der Waals surface area (Å²) >= 11 is 0. The van der Waals surface area contributed by atoms with Gasteiger partial charge >= 0.3 is 6.09 Å². The normalized spacial score (nSPS) is 34.0. The van der Waals surface area contributed by atoms with E-state index >= 15 is 0 Å². The highest BCUT2D eigenvalue weighted by atomic mass is 16.4. The Kier molecular flexibility index (Phi) is 2.40. The minimum Gasteiger partial charge on any atom is -0.465 e. The highest BCUT2D eigenvalue weighted by molar-refractivity contribution is 5.66. The predicted molar refractivity (Wildman–Crippen MR) is 69.8 cm³/mol. The van der Waals surface area contributed by atoms with Crippen LogP contribution in [-0.4, -0.2) is 28.7 Å². The molecule has 1 aromatic rings. The molecule has 96 valence electrons. The summed E-state index contributed by atoms with van der Waals surface area (Å²) in [5, 5.41) is 9.33. The summed E-state index contributed by atoms with van der Waals surface area (Å²) in [6.45, 7) is 5.16. The average Bonchev–Trinajstić information content (AvgIpc) is 2.33. The van der Waals surface area contributed by atoms with Gasteiger partial charge in [0, 0.05) is 12.6 Å². The van der Waals surface area contributed by atoms with Crippen LogP contribution in [-0.2, 0) is 11.8 Å². The highest BCUT2D eigenvalue weighted by Crippen LogP contribution is 2.48. The van der Waals surface area contributed by atoms with Gasteiger partial charge in [0.1, 0.15) is 0 Å². The molecule has 3 unspecified atom stereocenters. The van der Waals surface area contributed by atoms with Gasteiger partial charge < -0.3 is 10.0 Å². The number of carbonyl (C=O) groups is 1. The molecule has 1 heterocycles. The number of fused-ring (bicyclic) bond motifs is 4. The van der Waals surface area contributed by atoms with E-state index in [1.807, 2.05) is 0 Å². The van der Waals surface area contributed by atoms with E-state index in [0.717, 1.165) is 12.8 Å². The molecule has 1 aliphatic carbocycles. The van der Waals surface area contributed by atoms with Crippen molar-refractivity contribution in [1.29, 1.82) is 0 Å². The van der Waals surface area contributed by atoms with Gasteiger partial charge in [-0.05, 0) is 35.3 Å². The van der Waals surface area contributed by atoms with E-state index in [4.69, 9.17) is 0 Å². The molecule has 1 aromatic carbocycles. The summed E-state index contributed by atoms with van der Waals surface area (Å²) in [7, 11) is 0. The zero-order chi connectivity index (χ0) is 12.9. The Bertz CT molecular complexity index is 499. The maximum absolute atomic E-state index is 11.3. The second-order valence-electron chi connectivity index (χ2n) is 5.86. The van der Waals surface area contributed by atoms with E-state index < -0.39 is 6.09 Å². The van der Waals surface area contributed by atoms with Crippen LogP contribution in [0.25, 0.3) is 0 Å². The largest absolute Gasteiger partial charge is 0.465 e. The minimum absolute atomic E-state index is 0.130. The summed E-state index contributed by atoms with van der Waals surface area (Å²) in [5.41, 5.74) is 2.89. The highest BCUT2D eigenvalue weighted by Gasteiger charge is 2.49. The fraction of sp³-hybridized carbons (Fsp3) is 0.533. The molecule has 1 N–H and O–H groups in total. The van der Waals surface area contributed by atoms with Crippen molar-refractivity contribution in [2.45, 2.75) is 38.1 Å². The van der Waals surface area contributed by atoms with E-state index in [0.29, 0.717) is 12.5 Å². The van der Waals surface area contributed by atoms with Crippen molar-refractivity contribution in [2.24, 2.45) is 5.92 Å². The topological polar surface area (TPSA) is 40.5 Å². The molecule has 2 aliphatic rings. The average molecular weight is 245 g/mol. The summed E-state index contributed by atoms with van der Waals surface area (Å²) in [6.07, 6.45) is 1.01. The second-order valence-corrected chi connectivity index (χ2v) is 5.86. The van der Waals surface area contributed by atoms with Gasteiger partial charge in [-0.3, -0.25) is 0 Å². The Hall–Kier alpha value is -1.51. The van der Waals surface area contributed by atoms with Gasteiger partial charge in [0.2, 0.25) is 0 Å². The van der Waals surface area contributed by atoms with Gasteiger partial charge in [-0.25, -0.2) is 4.79 Å². The monoisotopic (exact) mass is 245 g/mol. The van der Waals surface area contributed by atoms with E-state index in [2.05, 4.69) is 38.1 Å². The quantitative estimate of drug-likeness (QED) is 0.763. The lowest BCUT2D eigenvalue weighted by Crippen LogP contribution is -2.59. The van der Waals surface area contributed by atoms with Crippen LogP contribution < -0.4 is 0 Å². The Morgan fingerprint density at radius 2 is 2.17 bits per heavy atom. The molecule has 3 nitrogen and oxygen atoms in total. The van der Waals surface area contributed by atoms with Gasteiger partial charge in [-0.1, -0.05) is 38.1 Å². The number of amides is 1. The summed E-state index contributed by atoms with van der Waals surface area (Å²) in [5.74, 6) is 0.386. The van der Waals surface area contributed by atoms with Crippen LogP contribution in [0, 0.1) is 5.92 Å². The van der Waals surface area contributed by atoms with E-state index in [-0.39, 0.29) is 11.5 Å². The van der Waals surface area contributed by atoms with Crippen LogP contribution in [0.3, 0.4) is 0 Å². The molecule has 1 fully saturated rings. The zero-order valence-electron chi connectivity index (χ0n) is 10.9. The first-order valence-electron chi connectivity index (χ1n) is 6.62. The second kappa shape index (κ2) is 3.74. The van der Waals surface area contributed by atoms with Crippen LogP contribution in [0.2, 0.25) is 0 Å². The van der Waals surface area contributed by atoms with Crippen molar-refractivity contribution in [3.63, 3.8) is 0 Å². The van der Waals surface area contributed by atoms with Crippen molar-refractivity contribution in [2.75, 3.05) is 6.54 Å². The van der Waals surface area contributed by atoms with Crippen LogP contribution in [0.5, 0.6) is 0 Å². The molecule has 3 atom stereocenters. The predicted octanol–water partition coefficient (Wildman–Crippen LogP) is 2.89. The van der Waals surface area contributed by atoms with Crippen LogP contribution in [0.4, 0.5) is 4.79 Å². The third-order valence-corrected chi connectivity index (χ3v) is 5.16. The number of carboxylic acid groups (broad SMARTS) is 1. The maximum Gasteiger partial charge on any atom is 0.407 e. The number of rotatable bonds is 0. The number of benzene rings is 1. The van der Waals surface area contributed by atoms with Crippen molar-refractivity contribution in [3.05, 3.63) is 35.4 Å². The van der Waals surface area contributed by atoms with Crippen molar-refractivity contribution in [3.8, 4) is 0 Å². The first-order valence-corrected chi connectivity index (χ1v) is 6.62. The maximum atomic E-state index is 11.3. The van der Waals surface area contributed by atoms with Crippen LogP contribution >= 0.6 is 0 Å². The molecule has 2 bridgehead atoms. The Balaban J connectivity index is 2.10. The zero-order valence-corrected chi connectivity index (χ0v) is 10.9. The SMILES string of the molecule is CC1C2Cc3ccccc3C1(C)CCN2C(=O)O. The van der Waals surface area contributed by atoms with E-state index in [9.17, 15) is 9.90 Å². The fourth-order valence-electron chi connectivity index (χ4n) is 3.83. The molecule has 3 heteroatoms. The Morgan fingerprint density at radius 1 is 1.44 bits per heavy atom. The van der Waals surface area contributed by atoms with Gasteiger partial charge in [-0.15, -0.1) is 0 Å². The molecule has 18 heavy (non-hydrogen) atoms. The lowest BCUT2D eigenvalue weighted by Gasteiger charge is -2.53. The number of piperidine rings is 1. The first kappa shape index (κ1) is 11.6. The molecule has 3 rings (SSSR count). The first-order chi connectivity index (χ1) is 8.54. The van der Waals surface area contributed by atoms with Crippen LogP contribution in [0.1, 0.15) is 31.4 Å². The molecular formula is C15H19NO2. The van der Waals surface area contributed by atoms with Gasteiger partial charge in [0.25, 0.3) is 0 Å². The third-order valence-electron chi connectivity index (χ3n) is 5.16. The Labute approximate surface area is 107 Å². The minimum atomic E-state index is -0.770. The number of hydrogen-bond acceptors (Lipinski definition) is 1. The molecule has 1 saturated heterocycles. The summed E-state index contributed by atoms with van der Waals surface area (Å²) < 4.78 is 0. The van der Waals surface area contributed by atoms with Gasteiger partial charge in [-0.2, -0.15) is 0 Å². The fourth-order valence-corrected chi connectivity index (χ4v) is 3.83. The van der Waals surface area contributed by atoms with E-state index in [1.165, 1.54) is 11.1 Å². The Morgan fingerprint density at radius 3 is 2.89 bits per heavy atom. The number of nitrogens with zero attached hydrogens (tertiary/aromatic N) is 1. The molecule has 0 saturated carbocycles. The van der Waals surface area contributed by atoms with Crippen molar-refractivity contribution < 1.29 is 9.90 Å². The van der Waals surface area contributed by atoms with Crippen molar-refractivity contribution in [1.82, 2.24) is 4.90 Å². The van der Waals surface area contributed by atoms with Gasteiger partial charge in [0.15, 0.2) is 0 Å². The molecule has 1 amide bonds. The van der Waals surface area contributed by atoms with Gasteiger partial charge in [0.05, 0.1) is 0 Å². The molecular weight excluding hydrogens is 226 g/mol. The third kappa shape index (κ3) is 1.39. The summed E-state index contributed by atoms with van der Waals surface area (Å²) in [4.78, 5) is 13.0. The number of hydrogen-bond donors (Lipinski definition) is 1. The van der Waals surface area contributed by atoms with E-state index in [1.54, 1.807) is 4.90 Å². The lowest BCUT2D eigenvalue weighted by molar-refractivity contribution is 0.0351. The van der Waals surface area contributed by atoms with Crippen molar-refractivity contribution >= 4 is 6.09 Å². The smallest absolute Gasteiger partial charge is 0.407 e. The standard InChI is InChI=1S/C15H19NO2/c1-10-13-9-11-5-3-4-6-12(11)15(10,2)7-8-16(13)14(17)18/h3-6,10,13H,7-9H2,1-2H3,(H,17,18). The molecule has 0 spiro atoms. The lowest BCUT2D eigenvalue weighted by atomic mass is 9.59. The number of likely N-dealkylation sites (tertiary alicyclic amines) is 1. The van der Waals surface area contributed by atoms with Crippen LogP contribution in [0.15, 0.2) is 24.3 Å². The molecule has 0 radical (unpaired) electrons. The summed E-state index contributed by atoms with van der Waals surface area (Å²) in [6, 6.07) is 8.66.